The predicted octanol–water partition coefficient (Wildman–Crippen LogP) is 1.88. The summed E-state index contributed by atoms with van der Waals surface area (Å²) in [6, 6.07) is 5.72. The minimum atomic E-state index is -4.53. The molecule has 0 saturated carbocycles. The summed E-state index contributed by atoms with van der Waals surface area (Å²) in [7, 11) is -4.53. The molecular weight excluding hydrogens is 313 g/mol. The standard InChI is InChI=1S/C9H11BrNO5P/c10-6-5-9(12)11-7-1-3-8(4-2-7)16-17(13,14)15/h1-4H,5-6H2,(H,11,12)(H2,13,14,15). The van der Waals surface area contributed by atoms with Gasteiger partial charge in [0.25, 0.3) is 0 Å². The van der Waals surface area contributed by atoms with Gasteiger partial charge in [0.05, 0.1) is 0 Å². The first-order chi connectivity index (χ1) is 7.90. The third-order valence-corrected chi connectivity index (χ3v) is 2.53. The number of phosphoric acid groups is 1. The van der Waals surface area contributed by atoms with E-state index >= 15 is 0 Å². The number of nitrogens with one attached hydrogen (secondary N) is 1. The maximum absolute atomic E-state index is 11.2. The van der Waals surface area contributed by atoms with Crippen molar-refractivity contribution in [2.75, 3.05) is 10.6 Å². The van der Waals surface area contributed by atoms with E-state index < -0.39 is 7.82 Å². The van der Waals surface area contributed by atoms with Gasteiger partial charge in [-0.25, -0.2) is 4.57 Å². The molecule has 1 amide bonds. The number of amides is 1. The lowest BCUT2D eigenvalue weighted by molar-refractivity contribution is -0.115. The zero-order chi connectivity index (χ0) is 12.9. The molecular formula is C9H11BrNO5P. The van der Waals surface area contributed by atoms with Gasteiger partial charge in [0.15, 0.2) is 0 Å². The fourth-order valence-corrected chi connectivity index (χ4v) is 1.80. The number of alkyl halides is 1. The maximum Gasteiger partial charge on any atom is 0.524 e. The fraction of sp³-hybridized carbons (Fsp3) is 0.222. The lowest BCUT2D eigenvalue weighted by Gasteiger charge is -2.08. The minimum absolute atomic E-state index is 0.0387. The van der Waals surface area contributed by atoms with E-state index in [1.807, 2.05) is 0 Å². The van der Waals surface area contributed by atoms with Crippen LogP contribution in [0.1, 0.15) is 6.42 Å². The number of phosphoric ester groups is 1. The average Bonchev–Trinajstić information content (AvgIpc) is 2.19. The molecule has 0 bridgehead atoms. The Hall–Kier alpha value is -0.880. The molecule has 1 rings (SSSR count). The largest absolute Gasteiger partial charge is 0.524 e. The monoisotopic (exact) mass is 323 g/mol. The van der Waals surface area contributed by atoms with E-state index in [4.69, 9.17) is 9.79 Å². The lowest BCUT2D eigenvalue weighted by Crippen LogP contribution is -2.11. The first kappa shape index (κ1) is 14.2. The van der Waals surface area contributed by atoms with Crippen molar-refractivity contribution >= 4 is 35.3 Å². The molecule has 0 aromatic heterocycles. The van der Waals surface area contributed by atoms with E-state index in [-0.39, 0.29) is 11.7 Å². The Bertz CT molecular complexity index is 430. The van der Waals surface area contributed by atoms with Crippen molar-refractivity contribution in [1.29, 1.82) is 0 Å². The number of anilines is 1. The van der Waals surface area contributed by atoms with E-state index in [1.54, 1.807) is 0 Å². The van der Waals surface area contributed by atoms with Crippen LogP contribution in [-0.4, -0.2) is 21.0 Å². The van der Waals surface area contributed by atoms with E-state index in [9.17, 15) is 9.36 Å². The Kier molecular flexibility index (Phi) is 5.14. The van der Waals surface area contributed by atoms with Crippen LogP contribution in [0.4, 0.5) is 5.69 Å². The van der Waals surface area contributed by atoms with Crippen molar-refractivity contribution in [3.8, 4) is 5.75 Å². The number of rotatable bonds is 5. The van der Waals surface area contributed by atoms with Gasteiger partial charge in [0.1, 0.15) is 5.75 Å². The first-order valence-corrected chi connectivity index (χ1v) is 7.27. The summed E-state index contributed by atoms with van der Waals surface area (Å²) in [5.41, 5.74) is 0.536. The number of carbonyl (C=O) groups is 1. The van der Waals surface area contributed by atoms with Crippen molar-refractivity contribution in [2.24, 2.45) is 0 Å². The highest BCUT2D eigenvalue weighted by atomic mass is 79.9. The van der Waals surface area contributed by atoms with E-state index in [0.717, 1.165) is 0 Å². The molecule has 0 radical (unpaired) electrons. The van der Waals surface area contributed by atoms with Crippen molar-refractivity contribution in [1.82, 2.24) is 0 Å². The SMILES string of the molecule is O=C(CCBr)Nc1ccc(OP(=O)(O)O)cc1. The van der Waals surface area contributed by atoms with Crippen molar-refractivity contribution in [2.45, 2.75) is 6.42 Å². The van der Waals surface area contributed by atoms with Gasteiger partial charge >= 0.3 is 7.82 Å². The number of hydrogen-bond acceptors (Lipinski definition) is 3. The maximum atomic E-state index is 11.2. The topological polar surface area (TPSA) is 95.9 Å². The number of benzene rings is 1. The molecule has 0 unspecified atom stereocenters. The molecule has 0 heterocycles. The summed E-state index contributed by atoms with van der Waals surface area (Å²) in [6.45, 7) is 0. The van der Waals surface area contributed by atoms with Crippen LogP contribution in [0.3, 0.4) is 0 Å². The van der Waals surface area contributed by atoms with Crippen LogP contribution in [0, 0.1) is 0 Å². The van der Waals surface area contributed by atoms with Crippen LogP contribution in [-0.2, 0) is 9.36 Å². The minimum Gasteiger partial charge on any atom is -0.404 e. The zero-order valence-electron chi connectivity index (χ0n) is 8.67. The van der Waals surface area contributed by atoms with Gasteiger partial charge in [0.2, 0.25) is 5.91 Å². The Labute approximate surface area is 106 Å². The molecule has 0 saturated heterocycles. The molecule has 3 N–H and O–H groups in total. The Balaban J connectivity index is 2.62. The van der Waals surface area contributed by atoms with E-state index in [2.05, 4.69) is 25.8 Å². The summed E-state index contributed by atoms with van der Waals surface area (Å²) in [6.07, 6.45) is 0.348. The second-order valence-corrected chi connectivity index (χ2v) is 5.05. The summed E-state index contributed by atoms with van der Waals surface area (Å²) in [4.78, 5) is 28.4. The zero-order valence-corrected chi connectivity index (χ0v) is 11.1. The third-order valence-electron chi connectivity index (χ3n) is 1.68. The molecule has 0 atom stereocenters. The van der Waals surface area contributed by atoms with Crippen molar-refractivity contribution in [3.05, 3.63) is 24.3 Å². The highest BCUT2D eigenvalue weighted by molar-refractivity contribution is 9.09. The van der Waals surface area contributed by atoms with Gasteiger partial charge in [-0.3, -0.25) is 14.6 Å². The molecule has 0 aliphatic carbocycles. The van der Waals surface area contributed by atoms with Crippen LogP contribution in [0.5, 0.6) is 5.75 Å². The van der Waals surface area contributed by atoms with Gasteiger partial charge in [-0.05, 0) is 24.3 Å². The van der Waals surface area contributed by atoms with Gasteiger partial charge in [-0.15, -0.1) is 0 Å². The molecule has 0 aliphatic rings. The first-order valence-electron chi connectivity index (χ1n) is 4.62. The molecule has 0 spiro atoms. The quantitative estimate of drug-likeness (QED) is 0.568. The van der Waals surface area contributed by atoms with Crippen LogP contribution in [0.2, 0.25) is 0 Å². The molecule has 0 aliphatic heterocycles. The molecule has 94 valence electrons. The number of halogens is 1. The molecule has 17 heavy (non-hydrogen) atoms. The van der Waals surface area contributed by atoms with Gasteiger partial charge in [-0.1, -0.05) is 15.9 Å². The Morgan fingerprint density at radius 1 is 1.35 bits per heavy atom. The Morgan fingerprint density at radius 2 is 1.94 bits per heavy atom. The Morgan fingerprint density at radius 3 is 2.41 bits per heavy atom. The van der Waals surface area contributed by atoms with Crippen LogP contribution < -0.4 is 9.84 Å². The van der Waals surface area contributed by atoms with Gasteiger partial charge < -0.3 is 9.84 Å². The normalized spacial score (nSPS) is 11.0. The molecule has 0 fully saturated rings. The molecule has 8 heteroatoms. The summed E-state index contributed by atoms with van der Waals surface area (Å²) >= 11 is 3.14. The molecule has 6 nitrogen and oxygen atoms in total. The fourth-order valence-electron chi connectivity index (χ4n) is 1.05. The van der Waals surface area contributed by atoms with E-state index in [0.29, 0.717) is 17.4 Å². The van der Waals surface area contributed by atoms with E-state index in [1.165, 1.54) is 24.3 Å². The second kappa shape index (κ2) is 6.16. The van der Waals surface area contributed by atoms with Crippen molar-refractivity contribution < 1.29 is 23.7 Å². The summed E-state index contributed by atoms with van der Waals surface area (Å²) in [5, 5.41) is 3.18. The summed E-state index contributed by atoms with van der Waals surface area (Å²) < 4.78 is 14.9. The lowest BCUT2D eigenvalue weighted by atomic mass is 10.3. The average molecular weight is 324 g/mol. The van der Waals surface area contributed by atoms with Gasteiger partial charge in [0, 0.05) is 17.4 Å². The highest BCUT2D eigenvalue weighted by Crippen LogP contribution is 2.37. The summed E-state index contributed by atoms with van der Waals surface area (Å²) in [5.74, 6) is -0.109. The number of hydrogen-bond donors (Lipinski definition) is 3. The van der Waals surface area contributed by atoms with Gasteiger partial charge in [-0.2, -0.15) is 0 Å². The van der Waals surface area contributed by atoms with Crippen LogP contribution in [0.25, 0.3) is 0 Å². The van der Waals surface area contributed by atoms with Crippen molar-refractivity contribution in [3.63, 3.8) is 0 Å². The number of carbonyl (C=O) groups excluding carboxylic acids is 1. The second-order valence-electron chi connectivity index (χ2n) is 3.09. The molecule has 1 aromatic rings. The van der Waals surface area contributed by atoms with Crippen LogP contribution in [0.15, 0.2) is 24.3 Å². The van der Waals surface area contributed by atoms with Crippen LogP contribution >= 0.6 is 23.8 Å². The highest BCUT2D eigenvalue weighted by Gasteiger charge is 2.15. The predicted molar refractivity (Wildman–Crippen MR) is 66.2 cm³/mol. The molecule has 1 aromatic carbocycles. The third kappa shape index (κ3) is 5.83. The smallest absolute Gasteiger partial charge is 0.404 e.